The van der Waals surface area contributed by atoms with Crippen LogP contribution in [0.25, 0.3) is 0 Å². The fraction of sp³-hybridized carbons (Fsp3) is 0.381. The summed E-state index contributed by atoms with van der Waals surface area (Å²) in [5, 5.41) is 14.7. The van der Waals surface area contributed by atoms with Crippen LogP contribution in [0.3, 0.4) is 0 Å². The van der Waals surface area contributed by atoms with E-state index in [1.54, 1.807) is 25.6 Å². The summed E-state index contributed by atoms with van der Waals surface area (Å²) in [4.78, 5) is 27.7. The van der Waals surface area contributed by atoms with Crippen LogP contribution >= 0.6 is 0 Å². The van der Waals surface area contributed by atoms with Crippen LogP contribution in [0, 0.1) is 12.8 Å². The highest BCUT2D eigenvalue weighted by molar-refractivity contribution is 6.00. The largest absolute Gasteiger partial charge is 0.495 e. The number of nitrogens with one attached hydrogen (secondary N) is 2. The molecule has 2 aromatic rings. The summed E-state index contributed by atoms with van der Waals surface area (Å²) >= 11 is 0. The molecule has 0 aliphatic heterocycles. The number of ether oxygens (including phenoxy) is 1. The lowest BCUT2D eigenvalue weighted by Crippen LogP contribution is -2.21. The number of carbonyl (C=O) groups is 2. The monoisotopic (exact) mass is 383 g/mol. The van der Waals surface area contributed by atoms with Gasteiger partial charge in [0.1, 0.15) is 5.75 Å². The number of urea groups is 1. The number of carboxylic acid groups (broad SMARTS) is 1. The summed E-state index contributed by atoms with van der Waals surface area (Å²) in [5.41, 5.74) is 3.23. The van der Waals surface area contributed by atoms with Gasteiger partial charge in [0.15, 0.2) is 0 Å². The summed E-state index contributed by atoms with van der Waals surface area (Å²) in [7, 11) is 1.56. The van der Waals surface area contributed by atoms with Gasteiger partial charge in [0.05, 0.1) is 30.6 Å². The number of aromatic nitrogens is 1. The Bertz CT molecular complexity index is 860. The lowest BCUT2D eigenvalue weighted by Gasteiger charge is -2.26. The fourth-order valence-electron chi connectivity index (χ4n) is 3.63. The molecule has 2 amide bonds. The molecule has 7 heteroatoms. The van der Waals surface area contributed by atoms with Gasteiger partial charge in [-0.3, -0.25) is 9.78 Å². The number of carboxylic acids is 1. The molecule has 1 heterocycles. The smallest absolute Gasteiger partial charge is 0.323 e. The van der Waals surface area contributed by atoms with Crippen molar-refractivity contribution >= 4 is 23.4 Å². The van der Waals surface area contributed by atoms with Crippen molar-refractivity contribution in [3.8, 4) is 5.75 Å². The van der Waals surface area contributed by atoms with Crippen molar-refractivity contribution in [2.75, 3.05) is 17.7 Å². The summed E-state index contributed by atoms with van der Waals surface area (Å²) in [6.45, 7) is 1.94. The topological polar surface area (TPSA) is 101 Å². The highest BCUT2D eigenvalue weighted by Crippen LogP contribution is 2.36. The van der Waals surface area contributed by atoms with Crippen LogP contribution in [0.1, 0.15) is 42.7 Å². The Morgan fingerprint density at radius 2 is 1.86 bits per heavy atom. The van der Waals surface area contributed by atoms with E-state index in [4.69, 9.17) is 9.84 Å². The Labute approximate surface area is 164 Å². The molecule has 0 unspecified atom stereocenters. The van der Waals surface area contributed by atoms with Crippen LogP contribution in [-0.4, -0.2) is 29.2 Å². The van der Waals surface area contributed by atoms with E-state index in [-0.39, 0.29) is 17.9 Å². The highest BCUT2D eigenvalue weighted by atomic mass is 16.5. The first kappa shape index (κ1) is 19.7. The quantitative estimate of drug-likeness (QED) is 0.710. The summed E-state index contributed by atoms with van der Waals surface area (Å²) in [6, 6.07) is 7.09. The molecule has 7 nitrogen and oxygen atoms in total. The number of carbonyl (C=O) groups excluding carboxylic acids is 1. The molecule has 1 aromatic heterocycles. The Hall–Kier alpha value is -3.09. The highest BCUT2D eigenvalue weighted by Gasteiger charge is 2.27. The number of rotatable bonds is 5. The Kier molecular flexibility index (Phi) is 6.13. The molecule has 3 rings (SSSR count). The van der Waals surface area contributed by atoms with Crippen molar-refractivity contribution in [1.29, 1.82) is 0 Å². The summed E-state index contributed by atoms with van der Waals surface area (Å²) < 4.78 is 5.28. The number of hydrogen-bond donors (Lipinski definition) is 3. The molecule has 1 saturated carbocycles. The van der Waals surface area contributed by atoms with Gasteiger partial charge in [0.2, 0.25) is 0 Å². The molecule has 1 aliphatic rings. The van der Waals surface area contributed by atoms with Gasteiger partial charge in [-0.1, -0.05) is 6.07 Å². The van der Waals surface area contributed by atoms with Gasteiger partial charge in [-0.2, -0.15) is 0 Å². The number of aryl methyl sites for hydroxylation is 1. The summed E-state index contributed by atoms with van der Waals surface area (Å²) in [5.74, 6) is -0.108. The van der Waals surface area contributed by atoms with Crippen molar-refractivity contribution in [3.63, 3.8) is 0 Å². The van der Waals surface area contributed by atoms with E-state index in [0.717, 1.165) is 24.0 Å². The molecule has 0 radical (unpaired) electrons. The molecule has 3 N–H and O–H groups in total. The zero-order valence-corrected chi connectivity index (χ0v) is 16.1. The van der Waals surface area contributed by atoms with E-state index < -0.39 is 5.97 Å². The number of anilines is 2. The SMILES string of the molecule is COc1ccc(C)cc1NC(=O)Nc1cncc(C2CCC(C(=O)O)CC2)c1. The second kappa shape index (κ2) is 8.73. The van der Waals surface area contributed by atoms with Gasteiger partial charge in [-0.15, -0.1) is 0 Å². The van der Waals surface area contributed by atoms with Crippen LogP contribution in [0.5, 0.6) is 5.75 Å². The number of amides is 2. The number of nitrogens with zero attached hydrogens (tertiary/aromatic N) is 1. The number of methoxy groups -OCH3 is 1. The molecule has 1 aromatic carbocycles. The molecule has 28 heavy (non-hydrogen) atoms. The third-order valence-electron chi connectivity index (χ3n) is 5.17. The zero-order chi connectivity index (χ0) is 20.1. The molecule has 148 valence electrons. The van der Waals surface area contributed by atoms with Gasteiger partial charge in [-0.25, -0.2) is 4.79 Å². The number of pyridine rings is 1. The van der Waals surface area contributed by atoms with Crippen molar-refractivity contribution in [1.82, 2.24) is 4.98 Å². The molecular weight excluding hydrogens is 358 g/mol. The predicted molar refractivity (Wildman–Crippen MR) is 107 cm³/mol. The minimum Gasteiger partial charge on any atom is -0.495 e. The average Bonchev–Trinajstić information content (AvgIpc) is 2.68. The molecule has 0 spiro atoms. The lowest BCUT2D eigenvalue weighted by molar-refractivity contribution is -0.142. The Balaban J connectivity index is 1.64. The number of aliphatic carboxylic acids is 1. The Morgan fingerprint density at radius 3 is 2.54 bits per heavy atom. The molecule has 0 saturated heterocycles. The van der Waals surface area contributed by atoms with Crippen molar-refractivity contribution in [2.24, 2.45) is 5.92 Å². The van der Waals surface area contributed by atoms with Gasteiger partial charge in [-0.05, 0) is 67.9 Å². The molecular formula is C21H25N3O4. The normalized spacial score (nSPS) is 18.9. The second-order valence-corrected chi connectivity index (χ2v) is 7.18. The van der Waals surface area contributed by atoms with Crippen LogP contribution in [0.4, 0.5) is 16.2 Å². The standard InChI is InChI=1S/C21H25N3O4/c1-13-3-8-19(28-2)18(9-13)24-21(27)23-17-10-16(11-22-12-17)14-4-6-15(7-5-14)20(25)26/h3,8-12,14-15H,4-7H2,1-2H3,(H,25,26)(H2,23,24,27). The molecule has 1 fully saturated rings. The lowest BCUT2D eigenvalue weighted by atomic mass is 9.79. The summed E-state index contributed by atoms with van der Waals surface area (Å²) in [6.07, 6.45) is 6.36. The molecule has 1 aliphatic carbocycles. The van der Waals surface area contributed by atoms with Crippen LogP contribution in [0.15, 0.2) is 36.7 Å². The molecule has 0 atom stereocenters. The predicted octanol–water partition coefficient (Wildman–Crippen LogP) is 4.40. The number of benzene rings is 1. The van der Waals surface area contributed by atoms with E-state index >= 15 is 0 Å². The van der Waals surface area contributed by atoms with Crippen molar-refractivity contribution in [3.05, 3.63) is 47.8 Å². The van der Waals surface area contributed by atoms with Gasteiger partial charge < -0.3 is 20.5 Å². The van der Waals surface area contributed by atoms with E-state index in [1.807, 2.05) is 25.1 Å². The third-order valence-corrected chi connectivity index (χ3v) is 5.17. The fourth-order valence-corrected chi connectivity index (χ4v) is 3.63. The van der Waals surface area contributed by atoms with Crippen LogP contribution in [-0.2, 0) is 4.79 Å². The van der Waals surface area contributed by atoms with E-state index in [0.29, 0.717) is 30.0 Å². The minimum atomic E-state index is -0.713. The third kappa shape index (κ3) is 4.79. The maximum atomic E-state index is 12.4. The first-order chi connectivity index (χ1) is 13.5. The maximum absolute atomic E-state index is 12.4. The second-order valence-electron chi connectivity index (χ2n) is 7.18. The zero-order valence-electron chi connectivity index (χ0n) is 16.1. The maximum Gasteiger partial charge on any atom is 0.323 e. The van der Waals surface area contributed by atoms with Crippen molar-refractivity contribution < 1.29 is 19.4 Å². The average molecular weight is 383 g/mol. The first-order valence-corrected chi connectivity index (χ1v) is 9.36. The number of hydrogen-bond acceptors (Lipinski definition) is 4. The van der Waals surface area contributed by atoms with Gasteiger partial charge in [0, 0.05) is 6.20 Å². The van der Waals surface area contributed by atoms with E-state index in [9.17, 15) is 9.59 Å². The Morgan fingerprint density at radius 1 is 1.11 bits per heavy atom. The van der Waals surface area contributed by atoms with E-state index in [2.05, 4.69) is 15.6 Å². The van der Waals surface area contributed by atoms with E-state index in [1.165, 1.54) is 0 Å². The van der Waals surface area contributed by atoms with Crippen LogP contribution in [0.2, 0.25) is 0 Å². The van der Waals surface area contributed by atoms with Gasteiger partial charge in [0.25, 0.3) is 0 Å². The van der Waals surface area contributed by atoms with Crippen molar-refractivity contribution in [2.45, 2.75) is 38.5 Å². The first-order valence-electron chi connectivity index (χ1n) is 9.36. The minimum absolute atomic E-state index is 0.249. The molecule has 0 bridgehead atoms. The van der Waals surface area contributed by atoms with Gasteiger partial charge >= 0.3 is 12.0 Å². The van der Waals surface area contributed by atoms with Crippen LogP contribution < -0.4 is 15.4 Å².